The molecule has 106 valence electrons. The third-order valence-electron chi connectivity index (χ3n) is 2.76. The standard InChI is InChI=1S/C15H17ClN2OS/c1-11(2)8-18(9-12-6-7-20-10-12)15(19)13-4-3-5-14(16)17-13/h3-7,10-11H,8-9H2,1-2H3. The SMILES string of the molecule is CC(C)CN(Cc1ccsc1)C(=O)c1cccc(Cl)n1. The van der Waals surface area contributed by atoms with Crippen LogP contribution in [0, 0.1) is 5.92 Å². The highest BCUT2D eigenvalue weighted by atomic mass is 35.5. The fourth-order valence-electron chi connectivity index (χ4n) is 1.95. The van der Waals surface area contributed by atoms with E-state index in [1.807, 2.05) is 16.3 Å². The number of hydrogen-bond donors (Lipinski definition) is 0. The predicted molar refractivity (Wildman–Crippen MR) is 83.1 cm³/mol. The Labute approximate surface area is 128 Å². The largest absolute Gasteiger partial charge is 0.333 e. The first kappa shape index (κ1) is 15.0. The molecule has 2 aromatic rings. The minimum absolute atomic E-state index is 0.0765. The molecule has 3 nitrogen and oxygen atoms in total. The summed E-state index contributed by atoms with van der Waals surface area (Å²) in [6, 6.07) is 7.16. The third-order valence-corrected chi connectivity index (χ3v) is 3.70. The number of hydrogen-bond acceptors (Lipinski definition) is 3. The zero-order valence-electron chi connectivity index (χ0n) is 11.5. The number of carbonyl (C=O) groups excluding carboxylic acids is 1. The zero-order chi connectivity index (χ0) is 14.5. The summed E-state index contributed by atoms with van der Waals surface area (Å²) < 4.78 is 0. The molecule has 0 saturated carbocycles. The van der Waals surface area contributed by atoms with Gasteiger partial charge < -0.3 is 4.90 Å². The van der Waals surface area contributed by atoms with E-state index in [0.717, 1.165) is 5.56 Å². The van der Waals surface area contributed by atoms with Gasteiger partial charge in [-0.25, -0.2) is 4.98 Å². The molecule has 0 spiro atoms. The van der Waals surface area contributed by atoms with Crippen molar-refractivity contribution in [1.29, 1.82) is 0 Å². The average Bonchev–Trinajstić information content (AvgIpc) is 2.89. The molecule has 0 bridgehead atoms. The highest BCUT2D eigenvalue weighted by Crippen LogP contribution is 2.15. The van der Waals surface area contributed by atoms with Gasteiger partial charge >= 0.3 is 0 Å². The van der Waals surface area contributed by atoms with Crippen molar-refractivity contribution in [3.63, 3.8) is 0 Å². The van der Waals surface area contributed by atoms with Gasteiger partial charge in [-0.05, 0) is 40.4 Å². The van der Waals surface area contributed by atoms with Gasteiger partial charge in [0.2, 0.25) is 0 Å². The number of amides is 1. The van der Waals surface area contributed by atoms with Gasteiger partial charge in [0.25, 0.3) is 5.91 Å². The maximum absolute atomic E-state index is 12.6. The molecule has 0 aliphatic rings. The Morgan fingerprint density at radius 2 is 2.20 bits per heavy atom. The second kappa shape index (κ2) is 6.86. The lowest BCUT2D eigenvalue weighted by atomic mass is 10.1. The Morgan fingerprint density at radius 3 is 2.80 bits per heavy atom. The normalized spacial score (nSPS) is 10.8. The Bertz CT molecular complexity index is 569. The fourth-order valence-corrected chi connectivity index (χ4v) is 2.78. The molecular formula is C15H17ClN2OS. The molecule has 0 N–H and O–H groups in total. The number of carbonyl (C=O) groups is 1. The number of halogens is 1. The van der Waals surface area contributed by atoms with Crippen LogP contribution < -0.4 is 0 Å². The molecule has 0 radical (unpaired) electrons. The quantitative estimate of drug-likeness (QED) is 0.779. The smallest absolute Gasteiger partial charge is 0.272 e. The van der Waals surface area contributed by atoms with Crippen LogP contribution >= 0.6 is 22.9 Å². The van der Waals surface area contributed by atoms with E-state index in [0.29, 0.717) is 29.9 Å². The summed E-state index contributed by atoms with van der Waals surface area (Å²) in [4.78, 5) is 18.5. The molecule has 0 aliphatic heterocycles. The van der Waals surface area contributed by atoms with Crippen molar-refractivity contribution in [3.05, 3.63) is 51.4 Å². The fraction of sp³-hybridized carbons (Fsp3) is 0.333. The first-order chi connectivity index (χ1) is 9.56. The van der Waals surface area contributed by atoms with Gasteiger partial charge in [0, 0.05) is 13.1 Å². The van der Waals surface area contributed by atoms with Crippen LogP contribution in [-0.4, -0.2) is 22.3 Å². The number of pyridine rings is 1. The monoisotopic (exact) mass is 308 g/mol. The van der Waals surface area contributed by atoms with Crippen molar-refractivity contribution in [3.8, 4) is 0 Å². The second-order valence-electron chi connectivity index (χ2n) is 5.06. The van der Waals surface area contributed by atoms with Gasteiger partial charge in [0.1, 0.15) is 10.8 Å². The van der Waals surface area contributed by atoms with E-state index >= 15 is 0 Å². The van der Waals surface area contributed by atoms with E-state index in [2.05, 4.69) is 24.2 Å². The lowest BCUT2D eigenvalue weighted by Gasteiger charge is -2.24. The number of thiophene rings is 1. The van der Waals surface area contributed by atoms with Crippen LogP contribution in [-0.2, 0) is 6.54 Å². The topological polar surface area (TPSA) is 33.2 Å². The van der Waals surface area contributed by atoms with Gasteiger partial charge in [-0.15, -0.1) is 0 Å². The Morgan fingerprint density at radius 1 is 1.40 bits per heavy atom. The van der Waals surface area contributed by atoms with E-state index in [1.54, 1.807) is 29.5 Å². The molecule has 5 heteroatoms. The minimum atomic E-state index is -0.0765. The summed E-state index contributed by atoms with van der Waals surface area (Å²) in [5, 5.41) is 4.42. The van der Waals surface area contributed by atoms with E-state index in [1.165, 1.54) is 0 Å². The van der Waals surface area contributed by atoms with Crippen LogP contribution in [0.4, 0.5) is 0 Å². The van der Waals surface area contributed by atoms with E-state index in [9.17, 15) is 4.79 Å². The number of aromatic nitrogens is 1. The molecular weight excluding hydrogens is 292 g/mol. The molecule has 0 fully saturated rings. The maximum Gasteiger partial charge on any atom is 0.272 e. The Kier molecular flexibility index (Phi) is 5.15. The summed E-state index contributed by atoms with van der Waals surface area (Å²) in [6.07, 6.45) is 0. The van der Waals surface area contributed by atoms with Crippen molar-refractivity contribution >= 4 is 28.8 Å². The molecule has 1 amide bonds. The summed E-state index contributed by atoms with van der Waals surface area (Å²) in [5.41, 5.74) is 1.54. The number of rotatable bonds is 5. The zero-order valence-corrected chi connectivity index (χ0v) is 13.1. The first-order valence-electron chi connectivity index (χ1n) is 6.49. The molecule has 0 unspecified atom stereocenters. The van der Waals surface area contributed by atoms with Gasteiger partial charge in [-0.1, -0.05) is 31.5 Å². The van der Waals surface area contributed by atoms with E-state index in [-0.39, 0.29) is 5.91 Å². The van der Waals surface area contributed by atoms with Crippen molar-refractivity contribution in [2.45, 2.75) is 20.4 Å². The summed E-state index contributed by atoms with van der Waals surface area (Å²) in [5.74, 6) is 0.323. The van der Waals surface area contributed by atoms with E-state index < -0.39 is 0 Å². The summed E-state index contributed by atoms with van der Waals surface area (Å²) in [6.45, 7) is 5.50. The average molecular weight is 309 g/mol. The molecule has 2 rings (SSSR count). The van der Waals surface area contributed by atoms with Crippen molar-refractivity contribution in [2.75, 3.05) is 6.54 Å². The molecule has 2 heterocycles. The highest BCUT2D eigenvalue weighted by Gasteiger charge is 2.18. The molecule has 0 atom stereocenters. The Balaban J connectivity index is 2.19. The molecule has 2 aromatic heterocycles. The minimum Gasteiger partial charge on any atom is -0.333 e. The second-order valence-corrected chi connectivity index (χ2v) is 6.22. The van der Waals surface area contributed by atoms with Gasteiger partial charge in [0.15, 0.2) is 0 Å². The third kappa shape index (κ3) is 4.05. The molecule has 20 heavy (non-hydrogen) atoms. The number of nitrogens with zero attached hydrogens (tertiary/aromatic N) is 2. The van der Waals surface area contributed by atoms with Crippen molar-refractivity contribution < 1.29 is 4.79 Å². The van der Waals surface area contributed by atoms with Crippen LogP contribution in [0.3, 0.4) is 0 Å². The molecule has 0 aromatic carbocycles. The van der Waals surface area contributed by atoms with Crippen LogP contribution in [0.1, 0.15) is 29.9 Å². The van der Waals surface area contributed by atoms with Gasteiger partial charge in [-0.2, -0.15) is 11.3 Å². The van der Waals surface area contributed by atoms with Gasteiger partial charge in [0.05, 0.1) is 0 Å². The van der Waals surface area contributed by atoms with Crippen LogP contribution in [0.15, 0.2) is 35.0 Å². The molecule has 0 aliphatic carbocycles. The predicted octanol–water partition coefficient (Wildman–Crippen LogP) is 4.09. The lowest BCUT2D eigenvalue weighted by molar-refractivity contribution is 0.0717. The highest BCUT2D eigenvalue weighted by molar-refractivity contribution is 7.07. The van der Waals surface area contributed by atoms with Crippen molar-refractivity contribution in [2.24, 2.45) is 5.92 Å². The molecule has 0 saturated heterocycles. The summed E-state index contributed by atoms with van der Waals surface area (Å²) in [7, 11) is 0. The first-order valence-corrected chi connectivity index (χ1v) is 7.81. The van der Waals surface area contributed by atoms with Crippen LogP contribution in [0.2, 0.25) is 5.15 Å². The van der Waals surface area contributed by atoms with Crippen molar-refractivity contribution in [1.82, 2.24) is 9.88 Å². The lowest BCUT2D eigenvalue weighted by Crippen LogP contribution is -2.34. The van der Waals surface area contributed by atoms with Gasteiger partial charge in [-0.3, -0.25) is 4.79 Å². The Hall–Kier alpha value is -1.39. The summed E-state index contributed by atoms with van der Waals surface area (Å²) >= 11 is 7.50. The van der Waals surface area contributed by atoms with E-state index in [4.69, 9.17) is 11.6 Å². The maximum atomic E-state index is 12.6. The van der Waals surface area contributed by atoms with Crippen LogP contribution in [0.5, 0.6) is 0 Å². The van der Waals surface area contributed by atoms with Crippen LogP contribution in [0.25, 0.3) is 0 Å².